The van der Waals surface area contributed by atoms with E-state index in [0.29, 0.717) is 6.42 Å². The van der Waals surface area contributed by atoms with Gasteiger partial charge in [0.15, 0.2) is 0 Å². The number of hydrogen-bond donors (Lipinski definition) is 2. The molecule has 20 heavy (non-hydrogen) atoms. The Morgan fingerprint density at radius 1 is 1.15 bits per heavy atom. The van der Waals surface area contributed by atoms with E-state index in [1.807, 2.05) is 18.2 Å². The molecule has 3 nitrogen and oxygen atoms in total. The molecule has 1 amide bonds. The van der Waals surface area contributed by atoms with E-state index in [1.54, 1.807) is 0 Å². The minimum atomic E-state index is -0.402. The van der Waals surface area contributed by atoms with Gasteiger partial charge < -0.3 is 11.1 Å². The molecule has 3 heteroatoms. The van der Waals surface area contributed by atoms with Crippen LogP contribution in [0.15, 0.2) is 30.3 Å². The third kappa shape index (κ3) is 7.29. The second kappa shape index (κ2) is 9.54. The Balaban J connectivity index is 2.13. The van der Waals surface area contributed by atoms with Crippen LogP contribution in [0.5, 0.6) is 0 Å². The Kier molecular flexibility index (Phi) is 7.97. The van der Waals surface area contributed by atoms with Gasteiger partial charge in [0.25, 0.3) is 0 Å². The number of nitrogens with two attached hydrogens (primary N) is 1. The number of benzene rings is 1. The van der Waals surface area contributed by atoms with E-state index in [-0.39, 0.29) is 5.91 Å². The highest BCUT2D eigenvalue weighted by atomic mass is 16.2. The summed E-state index contributed by atoms with van der Waals surface area (Å²) >= 11 is 0. The van der Waals surface area contributed by atoms with Crippen molar-refractivity contribution in [3.63, 3.8) is 0 Å². The molecule has 0 aromatic heterocycles. The average Bonchev–Trinajstić information content (AvgIpc) is 2.45. The highest BCUT2D eigenvalue weighted by molar-refractivity contribution is 5.81. The number of amides is 1. The van der Waals surface area contributed by atoms with Gasteiger partial charge in [-0.3, -0.25) is 4.79 Å². The van der Waals surface area contributed by atoms with Crippen molar-refractivity contribution in [3.05, 3.63) is 35.9 Å². The third-order valence-electron chi connectivity index (χ3n) is 3.43. The molecule has 1 aromatic carbocycles. The van der Waals surface area contributed by atoms with Crippen molar-refractivity contribution in [2.75, 3.05) is 6.54 Å². The molecule has 0 bridgehead atoms. The molecular weight excluding hydrogens is 248 g/mol. The summed E-state index contributed by atoms with van der Waals surface area (Å²) in [7, 11) is 0. The minimum absolute atomic E-state index is 0.0227. The molecule has 1 aromatic rings. The summed E-state index contributed by atoms with van der Waals surface area (Å²) in [6, 6.07) is 9.74. The fourth-order valence-electron chi connectivity index (χ4n) is 2.12. The zero-order chi connectivity index (χ0) is 14.8. The van der Waals surface area contributed by atoms with E-state index < -0.39 is 6.04 Å². The maximum Gasteiger partial charge on any atom is 0.236 e. The summed E-state index contributed by atoms with van der Waals surface area (Å²) in [6.45, 7) is 5.18. The fraction of sp³-hybridized carbons (Fsp3) is 0.588. The zero-order valence-electron chi connectivity index (χ0n) is 12.8. The standard InChI is InChI=1S/C17H28N2O/c1-14(2)8-6-7-13-19-17(20)16(18)12-11-15-9-4-3-5-10-15/h3-5,9-10,14,16H,6-8,11-13,18H2,1-2H3,(H,19,20)/t16-/m0/s1. The van der Waals surface area contributed by atoms with Gasteiger partial charge in [-0.15, -0.1) is 0 Å². The second-order valence-corrected chi connectivity index (χ2v) is 5.81. The van der Waals surface area contributed by atoms with Gasteiger partial charge in [-0.05, 0) is 30.7 Å². The molecule has 1 rings (SSSR count). The van der Waals surface area contributed by atoms with Gasteiger partial charge in [0.05, 0.1) is 6.04 Å². The normalized spacial score (nSPS) is 12.4. The van der Waals surface area contributed by atoms with Crippen LogP contribution in [0.4, 0.5) is 0 Å². The van der Waals surface area contributed by atoms with Crippen molar-refractivity contribution >= 4 is 5.91 Å². The summed E-state index contributed by atoms with van der Waals surface area (Å²) in [5.41, 5.74) is 7.15. The lowest BCUT2D eigenvalue weighted by atomic mass is 10.0. The molecule has 0 radical (unpaired) electrons. The molecule has 0 aliphatic carbocycles. The number of carbonyl (C=O) groups excluding carboxylic acids is 1. The van der Waals surface area contributed by atoms with Gasteiger partial charge in [0, 0.05) is 6.54 Å². The van der Waals surface area contributed by atoms with E-state index in [4.69, 9.17) is 5.73 Å². The maximum atomic E-state index is 11.8. The van der Waals surface area contributed by atoms with Crippen LogP contribution in [-0.4, -0.2) is 18.5 Å². The van der Waals surface area contributed by atoms with Crippen LogP contribution in [0, 0.1) is 5.92 Å². The number of unbranched alkanes of at least 4 members (excludes halogenated alkanes) is 1. The Morgan fingerprint density at radius 3 is 2.50 bits per heavy atom. The molecule has 0 saturated heterocycles. The van der Waals surface area contributed by atoms with Crippen LogP contribution in [0.2, 0.25) is 0 Å². The monoisotopic (exact) mass is 276 g/mol. The van der Waals surface area contributed by atoms with Gasteiger partial charge in [0.2, 0.25) is 5.91 Å². The Morgan fingerprint density at radius 2 is 1.85 bits per heavy atom. The first kappa shape index (κ1) is 16.7. The largest absolute Gasteiger partial charge is 0.355 e. The smallest absolute Gasteiger partial charge is 0.236 e. The van der Waals surface area contributed by atoms with E-state index in [2.05, 4.69) is 31.3 Å². The van der Waals surface area contributed by atoms with Crippen LogP contribution in [-0.2, 0) is 11.2 Å². The van der Waals surface area contributed by atoms with Gasteiger partial charge in [-0.1, -0.05) is 57.0 Å². The van der Waals surface area contributed by atoms with Gasteiger partial charge in [0.1, 0.15) is 0 Å². The van der Waals surface area contributed by atoms with E-state index in [9.17, 15) is 4.79 Å². The topological polar surface area (TPSA) is 55.1 Å². The fourth-order valence-corrected chi connectivity index (χ4v) is 2.12. The Labute approximate surface area is 122 Å². The predicted octanol–water partition coefficient (Wildman–Crippen LogP) is 2.89. The molecule has 0 saturated carbocycles. The highest BCUT2D eigenvalue weighted by Crippen LogP contribution is 2.06. The lowest BCUT2D eigenvalue weighted by molar-refractivity contribution is -0.122. The van der Waals surface area contributed by atoms with Crippen molar-refractivity contribution in [1.82, 2.24) is 5.32 Å². The van der Waals surface area contributed by atoms with Crippen molar-refractivity contribution in [1.29, 1.82) is 0 Å². The first-order valence-corrected chi connectivity index (χ1v) is 7.67. The predicted molar refractivity (Wildman–Crippen MR) is 84.4 cm³/mol. The molecular formula is C17H28N2O. The highest BCUT2D eigenvalue weighted by Gasteiger charge is 2.12. The lowest BCUT2D eigenvalue weighted by Gasteiger charge is -2.12. The van der Waals surface area contributed by atoms with Crippen molar-refractivity contribution in [2.45, 2.75) is 52.0 Å². The van der Waals surface area contributed by atoms with Gasteiger partial charge in [-0.2, -0.15) is 0 Å². The van der Waals surface area contributed by atoms with Gasteiger partial charge >= 0.3 is 0 Å². The van der Waals surface area contributed by atoms with E-state index in [1.165, 1.54) is 12.0 Å². The Hall–Kier alpha value is -1.35. The number of hydrogen-bond acceptors (Lipinski definition) is 2. The van der Waals surface area contributed by atoms with Crippen molar-refractivity contribution in [2.24, 2.45) is 11.7 Å². The molecule has 0 aliphatic rings. The molecule has 0 heterocycles. The molecule has 1 atom stereocenters. The molecule has 0 fully saturated rings. The van der Waals surface area contributed by atoms with Crippen LogP contribution in [0.25, 0.3) is 0 Å². The Bertz CT molecular complexity index is 376. The quantitative estimate of drug-likeness (QED) is 0.681. The molecule has 0 spiro atoms. The van der Waals surface area contributed by atoms with E-state index in [0.717, 1.165) is 31.7 Å². The summed E-state index contributed by atoms with van der Waals surface area (Å²) < 4.78 is 0. The third-order valence-corrected chi connectivity index (χ3v) is 3.43. The summed E-state index contributed by atoms with van der Waals surface area (Å²) in [5, 5.41) is 2.93. The van der Waals surface area contributed by atoms with Crippen molar-refractivity contribution < 1.29 is 4.79 Å². The number of rotatable bonds is 9. The average molecular weight is 276 g/mol. The second-order valence-electron chi connectivity index (χ2n) is 5.81. The maximum absolute atomic E-state index is 11.8. The number of carbonyl (C=O) groups is 1. The minimum Gasteiger partial charge on any atom is -0.355 e. The first-order valence-electron chi connectivity index (χ1n) is 7.67. The van der Waals surface area contributed by atoms with Crippen LogP contribution in [0.1, 0.15) is 45.1 Å². The zero-order valence-corrected chi connectivity index (χ0v) is 12.8. The summed E-state index contributed by atoms with van der Waals surface area (Å²) in [4.78, 5) is 11.8. The number of nitrogens with one attached hydrogen (secondary N) is 1. The molecule has 112 valence electrons. The molecule has 0 aliphatic heterocycles. The SMILES string of the molecule is CC(C)CCCCNC(=O)[C@@H](N)CCc1ccccc1. The lowest BCUT2D eigenvalue weighted by Crippen LogP contribution is -2.41. The summed E-state index contributed by atoms with van der Waals surface area (Å²) in [6.07, 6.45) is 4.97. The van der Waals surface area contributed by atoms with Crippen molar-refractivity contribution in [3.8, 4) is 0 Å². The van der Waals surface area contributed by atoms with Gasteiger partial charge in [-0.25, -0.2) is 0 Å². The summed E-state index contributed by atoms with van der Waals surface area (Å²) in [5.74, 6) is 0.712. The number of aryl methyl sites for hydroxylation is 1. The van der Waals surface area contributed by atoms with Crippen LogP contribution < -0.4 is 11.1 Å². The van der Waals surface area contributed by atoms with Crippen LogP contribution in [0.3, 0.4) is 0 Å². The molecule has 3 N–H and O–H groups in total. The molecule has 0 unspecified atom stereocenters. The first-order chi connectivity index (χ1) is 9.59. The van der Waals surface area contributed by atoms with E-state index >= 15 is 0 Å². The van der Waals surface area contributed by atoms with Crippen LogP contribution >= 0.6 is 0 Å².